The lowest BCUT2D eigenvalue weighted by Crippen LogP contribution is -2.07. The van der Waals surface area contributed by atoms with Crippen molar-refractivity contribution in [2.45, 2.75) is 20.8 Å². The molecule has 1 aromatic carbocycles. The largest absolute Gasteiger partial charge is 0.387 e. The number of nitrogens with one attached hydrogen (secondary N) is 1. The van der Waals surface area contributed by atoms with Crippen LogP contribution in [0.4, 0.5) is 0 Å². The van der Waals surface area contributed by atoms with Crippen molar-refractivity contribution in [1.29, 1.82) is 0 Å². The van der Waals surface area contributed by atoms with E-state index < -0.39 is 0 Å². The SMILES string of the molecule is C/C=C\C(C)=C(/NC)c1ccccc1C. The van der Waals surface area contributed by atoms with Gasteiger partial charge in [-0.05, 0) is 31.9 Å². The van der Waals surface area contributed by atoms with Crippen LogP contribution in [0.5, 0.6) is 0 Å². The summed E-state index contributed by atoms with van der Waals surface area (Å²) in [5, 5.41) is 3.27. The van der Waals surface area contributed by atoms with Crippen molar-refractivity contribution in [3.63, 3.8) is 0 Å². The first-order chi connectivity index (χ1) is 7.20. The number of benzene rings is 1. The molecule has 1 aromatic rings. The highest BCUT2D eigenvalue weighted by Gasteiger charge is 2.04. The highest BCUT2D eigenvalue weighted by atomic mass is 14.8. The Hall–Kier alpha value is -1.50. The standard InChI is InChI=1S/C14H19N/c1-5-8-12(3)14(15-4)13-10-7-6-9-11(13)2/h5-10,15H,1-4H3/b8-5-,14-12-. The fraction of sp³-hybridized carbons (Fsp3) is 0.286. The molecule has 0 fully saturated rings. The van der Waals surface area contributed by atoms with Gasteiger partial charge in [-0.15, -0.1) is 0 Å². The minimum atomic E-state index is 1.20. The van der Waals surface area contributed by atoms with E-state index in [1.165, 1.54) is 22.4 Å². The molecular formula is C14H19N. The molecule has 0 bridgehead atoms. The molecule has 0 aliphatic carbocycles. The van der Waals surface area contributed by atoms with Gasteiger partial charge in [-0.1, -0.05) is 36.4 Å². The zero-order valence-electron chi connectivity index (χ0n) is 9.96. The zero-order chi connectivity index (χ0) is 11.3. The van der Waals surface area contributed by atoms with E-state index in [2.05, 4.69) is 55.6 Å². The third-order valence-electron chi connectivity index (χ3n) is 2.48. The lowest BCUT2D eigenvalue weighted by atomic mass is 10.0. The fourth-order valence-corrected chi connectivity index (χ4v) is 1.73. The molecule has 0 spiro atoms. The Morgan fingerprint density at radius 1 is 1.27 bits per heavy atom. The summed E-state index contributed by atoms with van der Waals surface area (Å²) in [6, 6.07) is 8.42. The van der Waals surface area contributed by atoms with Gasteiger partial charge in [0.15, 0.2) is 0 Å². The summed E-state index contributed by atoms with van der Waals surface area (Å²) >= 11 is 0. The van der Waals surface area contributed by atoms with Gasteiger partial charge in [0.25, 0.3) is 0 Å². The van der Waals surface area contributed by atoms with Crippen molar-refractivity contribution < 1.29 is 0 Å². The normalized spacial score (nSPS) is 12.8. The Morgan fingerprint density at radius 3 is 2.47 bits per heavy atom. The molecule has 0 radical (unpaired) electrons. The fourth-order valence-electron chi connectivity index (χ4n) is 1.73. The van der Waals surface area contributed by atoms with Crippen molar-refractivity contribution in [2.24, 2.45) is 0 Å². The van der Waals surface area contributed by atoms with Gasteiger partial charge in [0.2, 0.25) is 0 Å². The van der Waals surface area contributed by atoms with Gasteiger partial charge in [-0.3, -0.25) is 0 Å². The maximum absolute atomic E-state index is 3.27. The molecular weight excluding hydrogens is 182 g/mol. The summed E-state index contributed by atoms with van der Waals surface area (Å²) < 4.78 is 0. The van der Waals surface area contributed by atoms with Crippen LogP contribution in [0.25, 0.3) is 5.70 Å². The van der Waals surface area contributed by atoms with Crippen molar-refractivity contribution in [1.82, 2.24) is 5.32 Å². The first-order valence-electron chi connectivity index (χ1n) is 5.28. The van der Waals surface area contributed by atoms with Crippen LogP contribution < -0.4 is 5.32 Å². The molecule has 0 aliphatic heterocycles. The van der Waals surface area contributed by atoms with Crippen molar-refractivity contribution in [2.75, 3.05) is 7.05 Å². The average Bonchev–Trinajstić information content (AvgIpc) is 2.22. The summed E-state index contributed by atoms with van der Waals surface area (Å²) in [4.78, 5) is 0. The van der Waals surface area contributed by atoms with E-state index in [-0.39, 0.29) is 0 Å². The summed E-state index contributed by atoms with van der Waals surface area (Å²) in [5.74, 6) is 0. The van der Waals surface area contributed by atoms with Crippen LogP contribution in [0.1, 0.15) is 25.0 Å². The second kappa shape index (κ2) is 5.40. The second-order valence-corrected chi connectivity index (χ2v) is 3.62. The lowest BCUT2D eigenvalue weighted by Gasteiger charge is -2.12. The van der Waals surface area contributed by atoms with E-state index >= 15 is 0 Å². The molecule has 0 aromatic heterocycles. The zero-order valence-corrected chi connectivity index (χ0v) is 9.96. The van der Waals surface area contributed by atoms with Gasteiger partial charge in [0, 0.05) is 18.3 Å². The Balaban J connectivity index is 3.25. The van der Waals surface area contributed by atoms with Crippen LogP contribution in [0, 0.1) is 6.92 Å². The van der Waals surface area contributed by atoms with E-state index in [1.54, 1.807) is 0 Å². The van der Waals surface area contributed by atoms with Gasteiger partial charge >= 0.3 is 0 Å². The van der Waals surface area contributed by atoms with E-state index in [1.807, 2.05) is 14.0 Å². The van der Waals surface area contributed by atoms with Crippen LogP contribution in [0.3, 0.4) is 0 Å². The number of allylic oxidation sites excluding steroid dienone is 3. The molecule has 0 amide bonds. The molecule has 0 heterocycles. The average molecular weight is 201 g/mol. The minimum absolute atomic E-state index is 1.20. The molecule has 1 rings (SSSR count). The second-order valence-electron chi connectivity index (χ2n) is 3.62. The van der Waals surface area contributed by atoms with Crippen LogP contribution >= 0.6 is 0 Å². The number of hydrogen-bond acceptors (Lipinski definition) is 1. The van der Waals surface area contributed by atoms with Gasteiger partial charge in [-0.2, -0.15) is 0 Å². The molecule has 1 nitrogen and oxygen atoms in total. The Bertz CT molecular complexity index is 386. The number of hydrogen-bond donors (Lipinski definition) is 1. The Kier molecular flexibility index (Phi) is 4.17. The molecule has 1 heteroatoms. The smallest absolute Gasteiger partial charge is 0.0443 e. The summed E-state index contributed by atoms with van der Waals surface area (Å²) in [6.07, 6.45) is 4.18. The Morgan fingerprint density at radius 2 is 1.93 bits per heavy atom. The number of rotatable bonds is 3. The molecule has 0 aliphatic rings. The molecule has 1 N–H and O–H groups in total. The third-order valence-corrected chi connectivity index (χ3v) is 2.48. The van der Waals surface area contributed by atoms with Crippen molar-refractivity contribution >= 4 is 5.70 Å². The first kappa shape index (κ1) is 11.6. The topological polar surface area (TPSA) is 12.0 Å². The van der Waals surface area contributed by atoms with Gasteiger partial charge in [-0.25, -0.2) is 0 Å². The maximum atomic E-state index is 3.27. The maximum Gasteiger partial charge on any atom is 0.0443 e. The van der Waals surface area contributed by atoms with Crippen LogP contribution in [-0.2, 0) is 0 Å². The molecule has 0 atom stereocenters. The van der Waals surface area contributed by atoms with Crippen molar-refractivity contribution in [3.8, 4) is 0 Å². The monoisotopic (exact) mass is 201 g/mol. The molecule has 0 saturated carbocycles. The van der Waals surface area contributed by atoms with E-state index in [4.69, 9.17) is 0 Å². The van der Waals surface area contributed by atoms with Gasteiger partial charge < -0.3 is 5.32 Å². The van der Waals surface area contributed by atoms with Crippen LogP contribution in [0.15, 0.2) is 42.0 Å². The van der Waals surface area contributed by atoms with Crippen LogP contribution in [0.2, 0.25) is 0 Å². The van der Waals surface area contributed by atoms with E-state index in [9.17, 15) is 0 Å². The summed E-state index contributed by atoms with van der Waals surface area (Å²) in [7, 11) is 1.97. The predicted octanol–water partition coefficient (Wildman–Crippen LogP) is 3.52. The Labute approximate surface area is 92.5 Å². The molecule has 0 unspecified atom stereocenters. The van der Waals surface area contributed by atoms with Crippen LogP contribution in [-0.4, -0.2) is 7.05 Å². The minimum Gasteiger partial charge on any atom is -0.387 e. The molecule has 15 heavy (non-hydrogen) atoms. The van der Waals surface area contributed by atoms with Gasteiger partial charge in [0.05, 0.1) is 0 Å². The molecule has 80 valence electrons. The van der Waals surface area contributed by atoms with E-state index in [0.29, 0.717) is 0 Å². The van der Waals surface area contributed by atoms with Gasteiger partial charge in [0.1, 0.15) is 0 Å². The first-order valence-corrected chi connectivity index (χ1v) is 5.28. The lowest BCUT2D eigenvalue weighted by molar-refractivity contribution is 1.10. The van der Waals surface area contributed by atoms with E-state index in [0.717, 1.165) is 0 Å². The molecule has 0 saturated heterocycles. The highest BCUT2D eigenvalue weighted by molar-refractivity contribution is 5.70. The summed E-state index contributed by atoms with van der Waals surface area (Å²) in [5.41, 5.74) is 5.03. The summed E-state index contributed by atoms with van der Waals surface area (Å²) in [6.45, 7) is 6.29. The predicted molar refractivity (Wildman–Crippen MR) is 67.6 cm³/mol. The quantitative estimate of drug-likeness (QED) is 0.738. The number of aryl methyl sites for hydroxylation is 1. The third kappa shape index (κ3) is 2.72. The van der Waals surface area contributed by atoms with Crippen molar-refractivity contribution in [3.05, 3.63) is 53.1 Å². The highest BCUT2D eigenvalue weighted by Crippen LogP contribution is 2.19.